The highest BCUT2D eigenvalue weighted by Gasteiger charge is 2.22. The van der Waals surface area contributed by atoms with Gasteiger partial charge in [-0.3, -0.25) is 4.79 Å². The molecule has 0 spiro atoms. The van der Waals surface area contributed by atoms with E-state index in [9.17, 15) is 4.79 Å². The van der Waals surface area contributed by atoms with Crippen molar-refractivity contribution < 1.29 is 9.21 Å². The molecule has 0 fully saturated rings. The van der Waals surface area contributed by atoms with E-state index in [-0.39, 0.29) is 11.9 Å². The summed E-state index contributed by atoms with van der Waals surface area (Å²) < 4.78 is 5.33. The van der Waals surface area contributed by atoms with Crippen molar-refractivity contribution in [2.45, 2.75) is 26.4 Å². The fourth-order valence-corrected chi connectivity index (χ4v) is 3.16. The second-order valence-corrected chi connectivity index (χ2v) is 6.71. The molecular weight excluding hydrogens is 334 g/mol. The van der Waals surface area contributed by atoms with E-state index in [4.69, 9.17) is 9.68 Å². The highest BCUT2D eigenvalue weighted by molar-refractivity contribution is 7.13. The molecule has 1 aromatic carbocycles. The zero-order valence-electron chi connectivity index (χ0n) is 14.0. The number of nitriles is 1. The first-order chi connectivity index (χ1) is 12.1. The van der Waals surface area contributed by atoms with Crippen molar-refractivity contribution in [3.05, 3.63) is 64.9 Å². The molecule has 25 heavy (non-hydrogen) atoms. The van der Waals surface area contributed by atoms with Crippen LogP contribution < -0.4 is 0 Å². The molecular formula is C19H17N3O2S. The van der Waals surface area contributed by atoms with Crippen molar-refractivity contribution in [3.63, 3.8) is 0 Å². The van der Waals surface area contributed by atoms with Crippen molar-refractivity contribution >= 4 is 17.2 Å². The Morgan fingerprint density at radius 2 is 2.08 bits per heavy atom. The number of amides is 1. The summed E-state index contributed by atoms with van der Waals surface area (Å²) in [5, 5.41) is 11.3. The lowest BCUT2D eigenvalue weighted by molar-refractivity contribution is 0.0685. The Morgan fingerprint density at radius 3 is 2.68 bits per heavy atom. The van der Waals surface area contributed by atoms with Crippen molar-refractivity contribution in [1.82, 2.24) is 9.88 Å². The van der Waals surface area contributed by atoms with Crippen LogP contribution in [0.3, 0.4) is 0 Å². The van der Waals surface area contributed by atoms with Crippen LogP contribution in [0.15, 0.2) is 52.5 Å². The molecule has 1 amide bonds. The van der Waals surface area contributed by atoms with Crippen LogP contribution in [0.25, 0.3) is 10.8 Å². The molecule has 0 aliphatic carbocycles. The maximum Gasteiger partial charge on any atom is 0.273 e. The lowest BCUT2D eigenvalue weighted by Gasteiger charge is -2.26. The smallest absolute Gasteiger partial charge is 0.273 e. The highest BCUT2D eigenvalue weighted by Crippen LogP contribution is 2.25. The molecule has 0 atom stereocenters. The summed E-state index contributed by atoms with van der Waals surface area (Å²) in [7, 11) is 0. The second kappa shape index (κ2) is 7.32. The Bertz CT molecular complexity index is 890. The average molecular weight is 351 g/mol. The Labute approximate surface area is 150 Å². The van der Waals surface area contributed by atoms with Gasteiger partial charge in [-0.2, -0.15) is 5.26 Å². The first-order valence-corrected chi connectivity index (χ1v) is 8.76. The average Bonchev–Trinajstić information content (AvgIpc) is 3.30. The summed E-state index contributed by atoms with van der Waals surface area (Å²) in [5.74, 6) is 0.542. The molecule has 3 aromatic rings. The van der Waals surface area contributed by atoms with Crippen LogP contribution >= 0.6 is 11.3 Å². The van der Waals surface area contributed by atoms with Gasteiger partial charge in [0.1, 0.15) is 5.69 Å². The Balaban J connectivity index is 1.80. The van der Waals surface area contributed by atoms with Gasteiger partial charge in [-0.05, 0) is 43.7 Å². The summed E-state index contributed by atoms with van der Waals surface area (Å²) in [6, 6.07) is 13.0. The molecule has 0 saturated carbocycles. The fourth-order valence-electron chi connectivity index (χ4n) is 2.40. The van der Waals surface area contributed by atoms with Crippen LogP contribution in [0, 0.1) is 11.3 Å². The molecule has 0 aliphatic rings. The number of nitrogens with zero attached hydrogens (tertiary/aromatic N) is 3. The fraction of sp³-hybridized carbons (Fsp3) is 0.211. The zero-order valence-corrected chi connectivity index (χ0v) is 14.8. The molecule has 3 rings (SSSR count). The maximum atomic E-state index is 12.9. The van der Waals surface area contributed by atoms with Crippen LogP contribution in [0.5, 0.6) is 0 Å². The van der Waals surface area contributed by atoms with Crippen molar-refractivity contribution in [3.8, 4) is 16.8 Å². The topological polar surface area (TPSA) is 70.1 Å². The van der Waals surface area contributed by atoms with Gasteiger partial charge in [-0.15, -0.1) is 11.3 Å². The van der Waals surface area contributed by atoms with Gasteiger partial charge in [0.05, 0.1) is 17.9 Å². The van der Waals surface area contributed by atoms with Crippen molar-refractivity contribution in [2.75, 3.05) is 0 Å². The van der Waals surface area contributed by atoms with E-state index < -0.39 is 0 Å². The third-order valence-corrected chi connectivity index (χ3v) is 4.63. The number of hydrogen-bond donors (Lipinski definition) is 0. The van der Waals surface area contributed by atoms with E-state index in [2.05, 4.69) is 11.1 Å². The summed E-state index contributed by atoms with van der Waals surface area (Å²) in [6.07, 6.45) is 1.59. The zero-order chi connectivity index (χ0) is 17.8. The van der Waals surface area contributed by atoms with E-state index in [1.54, 1.807) is 34.7 Å². The summed E-state index contributed by atoms with van der Waals surface area (Å²) in [4.78, 5) is 19.1. The van der Waals surface area contributed by atoms with E-state index in [1.165, 1.54) is 11.3 Å². The van der Waals surface area contributed by atoms with Crippen molar-refractivity contribution in [1.29, 1.82) is 5.26 Å². The Kier molecular flexibility index (Phi) is 4.96. The third-order valence-electron chi connectivity index (χ3n) is 3.78. The van der Waals surface area contributed by atoms with Crippen LogP contribution in [0.1, 0.15) is 35.5 Å². The first kappa shape index (κ1) is 16.9. The number of thiazole rings is 1. The van der Waals surface area contributed by atoms with Gasteiger partial charge >= 0.3 is 0 Å². The van der Waals surface area contributed by atoms with Crippen LogP contribution in [0.4, 0.5) is 0 Å². The number of carbonyl (C=O) groups excluding carboxylic acids is 1. The van der Waals surface area contributed by atoms with E-state index in [0.29, 0.717) is 28.6 Å². The van der Waals surface area contributed by atoms with Gasteiger partial charge in [0, 0.05) is 18.0 Å². The molecule has 2 heterocycles. The maximum absolute atomic E-state index is 12.9. The first-order valence-electron chi connectivity index (χ1n) is 7.88. The van der Waals surface area contributed by atoms with E-state index >= 15 is 0 Å². The number of benzene rings is 1. The lowest BCUT2D eigenvalue weighted by Crippen LogP contribution is -2.36. The van der Waals surface area contributed by atoms with Gasteiger partial charge in [-0.1, -0.05) is 12.1 Å². The SMILES string of the molecule is CC(C)N(Cc1ccc(C#N)cc1)C(=O)c1csc(-c2ccco2)n1. The van der Waals surface area contributed by atoms with Crippen LogP contribution in [0.2, 0.25) is 0 Å². The molecule has 0 radical (unpaired) electrons. The largest absolute Gasteiger partial charge is 0.462 e. The molecule has 6 heteroatoms. The summed E-state index contributed by atoms with van der Waals surface area (Å²) in [6.45, 7) is 4.42. The summed E-state index contributed by atoms with van der Waals surface area (Å²) in [5.41, 5.74) is 2.00. The molecule has 0 unspecified atom stereocenters. The Morgan fingerprint density at radius 1 is 1.32 bits per heavy atom. The van der Waals surface area contributed by atoms with Gasteiger partial charge in [-0.25, -0.2) is 4.98 Å². The van der Waals surface area contributed by atoms with Crippen LogP contribution in [-0.2, 0) is 6.54 Å². The molecule has 0 aliphatic heterocycles. The quantitative estimate of drug-likeness (QED) is 0.686. The van der Waals surface area contributed by atoms with Gasteiger partial charge in [0.2, 0.25) is 0 Å². The van der Waals surface area contributed by atoms with Gasteiger partial charge in [0.15, 0.2) is 10.8 Å². The van der Waals surface area contributed by atoms with Crippen LogP contribution in [-0.4, -0.2) is 21.8 Å². The number of hydrogen-bond acceptors (Lipinski definition) is 5. The number of aromatic nitrogens is 1. The predicted molar refractivity (Wildman–Crippen MR) is 96.0 cm³/mol. The van der Waals surface area contributed by atoms with E-state index in [0.717, 1.165) is 5.56 Å². The Hall–Kier alpha value is -2.91. The molecule has 0 saturated heterocycles. The third kappa shape index (κ3) is 3.78. The molecule has 5 nitrogen and oxygen atoms in total. The van der Waals surface area contributed by atoms with Crippen molar-refractivity contribution in [2.24, 2.45) is 0 Å². The molecule has 2 aromatic heterocycles. The van der Waals surface area contributed by atoms with Gasteiger partial charge in [0.25, 0.3) is 5.91 Å². The lowest BCUT2D eigenvalue weighted by atomic mass is 10.1. The summed E-state index contributed by atoms with van der Waals surface area (Å²) >= 11 is 1.39. The minimum atomic E-state index is -0.117. The standard InChI is InChI=1S/C19H17N3O2S/c1-13(2)22(11-15-7-5-14(10-20)6-8-15)19(23)16-12-25-18(21-16)17-4-3-9-24-17/h3-9,12-13H,11H2,1-2H3. The normalized spacial score (nSPS) is 10.6. The second-order valence-electron chi connectivity index (χ2n) is 5.85. The monoisotopic (exact) mass is 351 g/mol. The predicted octanol–water partition coefficient (Wildman–Crippen LogP) is 4.33. The molecule has 0 N–H and O–H groups in total. The van der Waals surface area contributed by atoms with Gasteiger partial charge < -0.3 is 9.32 Å². The minimum absolute atomic E-state index is 0.0249. The molecule has 0 bridgehead atoms. The number of furan rings is 1. The number of carbonyl (C=O) groups is 1. The van der Waals surface area contributed by atoms with E-state index in [1.807, 2.05) is 32.0 Å². The minimum Gasteiger partial charge on any atom is -0.462 e. The number of rotatable bonds is 5. The molecule has 126 valence electrons. The highest BCUT2D eigenvalue weighted by atomic mass is 32.1.